The van der Waals surface area contributed by atoms with Crippen molar-refractivity contribution in [2.45, 2.75) is 136 Å². The van der Waals surface area contributed by atoms with E-state index in [1.54, 1.807) is 42.5 Å². The number of amides is 6. The van der Waals surface area contributed by atoms with Crippen molar-refractivity contribution < 1.29 is 33.5 Å². The molecule has 1 fully saturated rings. The highest BCUT2D eigenvalue weighted by Crippen LogP contribution is 2.56. The van der Waals surface area contributed by atoms with E-state index < -0.39 is 73.9 Å². The van der Waals surface area contributed by atoms with Crippen LogP contribution in [0.3, 0.4) is 0 Å². The van der Waals surface area contributed by atoms with Crippen molar-refractivity contribution in [3.63, 3.8) is 0 Å². The molecule has 7 aromatic carbocycles. The SMILES string of the molecule is CCCCCCCCN1C(=O)c2ccc3c4c(ccc(c24)C1=O)C(=O)N(c1cc(C(C)(C)C)cc2c1Oc1c(-n4c(=O)c5cc6c(=O)n(N7C(=O)c8cccc9c(N%10CCCCC%10)ccc(c89)C7=O)c(=O)c6cc5c4=O)cc(C(C)(C)C)cc1C2(C)C)C3=O. The normalized spacial score (nSPS) is 16.4. The fourth-order valence-electron chi connectivity index (χ4n) is 14.2. The number of benzene rings is 7. The maximum absolute atomic E-state index is 15.4. The van der Waals surface area contributed by atoms with Crippen LogP contribution in [0.15, 0.2) is 110 Å². The van der Waals surface area contributed by atoms with Gasteiger partial charge in [0.15, 0.2) is 11.5 Å². The molecule has 17 nitrogen and oxygen atoms in total. The molecule has 0 atom stereocenters. The van der Waals surface area contributed by atoms with Gasteiger partial charge in [-0.3, -0.25) is 52.8 Å². The van der Waals surface area contributed by atoms with E-state index in [0.29, 0.717) is 38.0 Å². The highest BCUT2D eigenvalue weighted by atomic mass is 16.5. The van der Waals surface area contributed by atoms with Crippen molar-refractivity contribution in [1.29, 1.82) is 0 Å². The number of ether oxygens (including phenoxy) is 1. The molecule has 89 heavy (non-hydrogen) atoms. The first kappa shape index (κ1) is 57.1. The third kappa shape index (κ3) is 8.25. The third-order valence-corrected chi connectivity index (χ3v) is 19.2. The Morgan fingerprint density at radius 1 is 0.449 bits per heavy atom. The summed E-state index contributed by atoms with van der Waals surface area (Å²) in [5.41, 5.74) is -1.44. The Bertz CT molecular complexity index is 4800. The molecule has 0 radical (unpaired) electrons. The molecule has 6 amide bonds. The summed E-state index contributed by atoms with van der Waals surface area (Å²) >= 11 is 0. The minimum absolute atomic E-state index is 0.0178. The average molecular weight is 1190 g/mol. The minimum atomic E-state index is -1.04. The molecule has 5 aliphatic heterocycles. The second-order valence-electron chi connectivity index (χ2n) is 27.2. The fraction of sp³-hybridized carbons (Fsp3) is 0.333. The monoisotopic (exact) mass is 1190 g/mol. The summed E-state index contributed by atoms with van der Waals surface area (Å²) in [6.07, 6.45) is 8.90. The Labute approximate surface area is 511 Å². The number of hydrogen-bond acceptors (Lipinski definition) is 12. The number of hydrogen-bond donors (Lipinski definition) is 0. The third-order valence-electron chi connectivity index (χ3n) is 19.2. The second-order valence-corrected chi connectivity index (χ2v) is 27.2. The molecular formula is C72H66N6O11. The van der Waals surface area contributed by atoms with Gasteiger partial charge in [-0.25, -0.2) is 9.47 Å². The molecule has 1 saturated heterocycles. The van der Waals surface area contributed by atoms with Crippen molar-refractivity contribution in [2.24, 2.45) is 0 Å². The number of fused-ring (bicyclic) bond motifs is 4. The molecule has 7 heterocycles. The van der Waals surface area contributed by atoms with E-state index in [4.69, 9.17) is 4.74 Å². The molecule has 14 rings (SSSR count). The quantitative estimate of drug-likeness (QED) is 0.0877. The average Bonchev–Trinajstić information content (AvgIpc) is 1.01. The van der Waals surface area contributed by atoms with Crippen LogP contribution < -0.4 is 41.8 Å². The van der Waals surface area contributed by atoms with Crippen LogP contribution in [-0.4, -0.2) is 69.2 Å². The lowest BCUT2D eigenvalue weighted by Crippen LogP contribution is -2.55. The smallest absolute Gasteiger partial charge is 0.281 e. The van der Waals surface area contributed by atoms with Crippen LogP contribution in [0, 0.1) is 0 Å². The van der Waals surface area contributed by atoms with E-state index >= 15 is 19.2 Å². The molecule has 450 valence electrons. The van der Waals surface area contributed by atoms with Gasteiger partial charge >= 0.3 is 0 Å². The van der Waals surface area contributed by atoms with Gasteiger partial charge in [0, 0.05) is 85.7 Å². The number of rotatable bonds is 11. The van der Waals surface area contributed by atoms with Gasteiger partial charge < -0.3 is 9.64 Å². The van der Waals surface area contributed by atoms with Gasteiger partial charge in [0.2, 0.25) is 0 Å². The Morgan fingerprint density at radius 2 is 0.910 bits per heavy atom. The molecule has 0 bridgehead atoms. The van der Waals surface area contributed by atoms with Crippen LogP contribution in [-0.2, 0) is 16.2 Å². The number of carbonyl (C=O) groups excluding carboxylic acids is 6. The number of piperidine rings is 1. The van der Waals surface area contributed by atoms with Crippen LogP contribution in [0.2, 0.25) is 0 Å². The Hall–Kier alpha value is -9.64. The van der Waals surface area contributed by atoms with Gasteiger partial charge in [-0.05, 0) is 114 Å². The molecule has 5 aliphatic rings. The van der Waals surface area contributed by atoms with Crippen molar-refractivity contribution in [3.8, 4) is 17.2 Å². The van der Waals surface area contributed by atoms with Crippen LogP contribution in [0.4, 0.5) is 11.4 Å². The summed E-state index contributed by atoms with van der Waals surface area (Å²) in [6, 6.07) is 24.4. The summed E-state index contributed by atoms with van der Waals surface area (Å²) in [5, 5.41) is 1.13. The van der Waals surface area contributed by atoms with Gasteiger partial charge in [0.25, 0.3) is 57.7 Å². The molecular weight excluding hydrogens is 1120 g/mol. The Morgan fingerprint density at radius 3 is 1.45 bits per heavy atom. The van der Waals surface area contributed by atoms with Gasteiger partial charge in [-0.1, -0.05) is 119 Å². The summed E-state index contributed by atoms with van der Waals surface area (Å²) in [5.74, 6) is -4.01. The van der Waals surface area contributed by atoms with E-state index in [0.717, 1.165) is 103 Å². The number of aromatic nitrogens is 2. The maximum Gasteiger partial charge on any atom is 0.281 e. The zero-order valence-corrected chi connectivity index (χ0v) is 51.3. The van der Waals surface area contributed by atoms with Crippen LogP contribution in [0.5, 0.6) is 11.5 Å². The van der Waals surface area contributed by atoms with E-state index in [1.807, 2.05) is 79.7 Å². The summed E-state index contributed by atoms with van der Waals surface area (Å²) in [4.78, 5) is 153. The van der Waals surface area contributed by atoms with Gasteiger partial charge in [-0.2, -0.15) is 9.69 Å². The molecule has 0 saturated carbocycles. The van der Waals surface area contributed by atoms with Crippen LogP contribution in [0.1, 0.15) is 205 Å². The predicted molar refractivity (Wildman–Crippen MR) is 343 cm³/mol. The molecule has 17 heteroatoms. The van der Waals surface area contributed by atoms with Gasteiger partial charge in [0.1, 0.15) is 0 Å². The predicted octanol–water partition coefficient (Wildman–Crippen LogP) is 11.9. The number of imide groups is 3. The van der Waals surface area contributed by atoms with Crippen molar-refractivity contribution in [2.75, 3.05) is 34.4 Å². The highest BCUT2D eigenvalue weighted by Gasteiger charge is 2.46. The first-order valence-electron chi connectivity index (χ1n) is 30.9. The van der Waals surface area contributed by atoms with E-state index in [2.05, 4.69) is 11.8 Å². The fourth-order valence-corrected chi connectivity index (χ4v) is 14.2. The van der Waals surface area contributed by atoms with Crippen LogP contribution >= 0.6 is 0 Å². The minimum Gasteiger partial charge on any atom is -0.452 e. The summed E-state index contributed by atoms with van der Waals surface area (Å²) < 4.78 is 8.56. The van der Waals surface area contributed by atoms with Gasteiger partial charge in [-0.15, -0.1) is 0 Å². The highest BCUT2D eigenvalue weighted by molar-refractivity contribution is 6.40. The van der Waals surface area contributed by atoms with E-state index in [9.17, 15) is 28.8 Å². The Balaban J connectivity index is 0.878. The number of anilines is 2. The van der Waals surface area contributed by atoms with Crippen molar-refractivity contribution in [3.05, 3.63) is 188 Å². The summed E-state index contributed by atoms with van der Waals surface area (Å²) in [6.45, 7) is 19.9. The first-order valence-corrected chi connectivity index (χ1v) is 30.9. The molecule has 0 N–H and O–H groups in total. The zero-order chi connectivity index (χ0) is 62.8. The molecule has 0 aliphatic carbocycles. The van der Waals surface area contributed by atoms with E-state index in [1.165, 1.54) is 17.0 Å². The lowest BCUT2D eigenvalue weighted by atomic mass is 9.71. The van der Waals surface area contributed by atoms with Crippen molar-refractivity contribution in [1.82, 2.24) is 14.1 Å². The van der Waals surface area contributed by atoms with Crippen molar-refractivity contribution >= 4 is 89.9 Å². The molecule has 2 aromatic heterocycles. The number of nitrogens with zero attached hydrogens (tertiary/aromatic N) is 6. The molecule has 0 spiro atoms. The first-order chi connectivity index (χ1) is 42.3. The second kappa shape index (κ2) is 19.9. The van der Waals surface area contributed by atoms with Crippen LogP contribution in [0.25, 0.3) is 48.8 Å². The van der Waals surface area contributed by atoms with E-state index in [-0.39, 0.29) is 95.1 Å². The largest absolute Gasteiger partial charge is 0.452 e. The molecule has 0 unspecified atom stereocenters. The van der Waals surface area contributed by atoms with Gasteiger partial charge in [0.05, 0.1) is 44.0 Å². The number of unbranched alkanes of at least 4 members (excludes halogenated alkanes) is 5. The summed E-state index contributed by atoms with van der Waals surface area (Å²) in [7, 11) is 0. The zero-order valence-electron chi connectivity index (χ0n) is 51.3. The topological polar surface area (TPSA) is 203 Å². The standard InChI is InChI=1S/C72H66N6O11/c1-10-11-12-13-14-18-30-74-60(79)42-22-24-44-57-45(25-23-43(56(42)57)61(74)80)63(82)75(62(44)81)53-33-37(70(2,3)4)31-50-58(53)89-59-51(72(50,8)9)32-38(71(5,6)7)34-54(59)76-64(83)46-35-48-49(36-47(46)65(76)84)69(88)78(68(48)87)77-66(85)40-21-19-20-39-52(73-28-16-15-17-29-73)27-26-41(55(39)40)67(77)86/h19-27,31-36H,10-18,28-30H2,1-9H3. The Kier molecular flexibility index (Phi) is 12.8. The lowest BCUT2D eigenvalue weighted by Gasteiger charge is -2.40. The maximum atomic E-state index is 15.4. The molecule has 9 aromatic rings. The number of carbonyl (C=O) groups is 6. The lowest BCUT2D eigenvalue weighted by molar-refractivity contribution is 0.0605.